The van der Waals surface area contributed by atoms with E-state index in [9.17, 15) is 4.79 Å². The summed E-state index contributed by atoms with van der Waals surface area (Å²) >= 11 is 10.6. The molecule has 1 amide bonds. The van der Waals surface area contributed by atoms with Crippen molar-refractivity contribution >= 4 is 52.5 Å². The Bertz CT molecular complexity index is 1700. The van der Waals surface area contributed by atoms with Crippen molar-refractivity contribution in [2.45, 2.75) is 12.5 Å². The highest BCUT2D eigenvalue weighted by Crippen LogP contribution is 2.39. The zero-order valence-electron chi connectivity index (χ0n) is 20.2. The third kappa shape index (κ3) is 4.55. The first-order valence-electron chi connectivity index (χ1n) is 12.1. The molecule has 4 N–H and O–H groups in total. The van der Waals surface area contributed by atoms with E-state index < -0.39 is 0 Å². The Balaban J connectivity index is 1.21. The summed E-state index contributed by atoms with van der Waals surface area (Å²) in [5.74, 6) is 0.750. The predicted molar refractivity (Wildman–Crippen MR) is 154 cm³/mol. The monoisotopic (exact) mass is 540 g/mol. The number of carbonyl (C=O) groups is 1. The fraction of sp³-hybridized carbons (Fsp3) is 0.107. The topological polar surface area (TPSA) is 90.1 Å². The Labute approximate surface area is 228 Å². The fourth-order valence-corrected chi connectivity index (χ4v) is 5.31. The number of hydrazine groups is 1. The average molecular weight is 541 g/mol. The van der Waals surface area contributed by atoms with Gasteiger partial charge in [-0.15, -0.1) is 0 Å². The minimum atomic E-state index is -0.0839. The van der Waals surface area contributed by atoms with Crippen molar-refractivity contribution in [3.8, 4) is 11.4 Å². The number of H-pyrrole nitrogens is 2. The van der Waals surface area contributed by atoms with E-state index in [1.54, 1.807) is 4.57 Å². The maximum absolute atomic E-state index is 12.4. The molecule has 5 aromatic rings. The number of amides is 1. The van der Waals surface area contributed by atoms with E-state index in [4.69, 9.17) is 29.2 Å². The standard InChI is InChI=1S/C28H24N6O2S2/c35-26-16-24(18-6-2-1-3-7-18)34(32-26)23-14-15-25(22-9-5-4-8-21(22)23)36-17-29-19-10-12-20(13-11-19)33-27(37)30-31-28(33)38/h1-15,24,29H,16-17H2,(H,30,37)(H,31,38)(H,32,35). The average Bonchev–Trinajstić information content (AvgIpc) is 3.50. The van der Waals surface area contributed by atoms with Crippen LogP contribution < -0.4 is 20.5 Å². The molecule has 4 aromatic carbocycles. The summed E-state index contributed by atoms with van der Waals surface area (Å²) in [5, 5.41) is 12.9. The molecular formula is C28H24N6O2S2. The number of anilines is 2. The quantitative estimate of drug-likeness (QED) is 0.146. The lowest BCUT2D eigenvalue weighted by Gasteiger charge is -2.27. The van der Waals surface area contributed by atoms with Gasteiger partial charge in [-0.3, -0.25) is 30.0 Å². The Hall–Kier alpha value is -4.41. The largest absolute Gasteiger partial charge is 0.473 e. The number of benzene rings is 4. The molecule has 0 bridgehead atoms. The summed E-state index contributed by atoms with van der Waals surface area (Å²) in [6, 6.07) is 29.8. The van der Waals surface area contributed by atoms with Gasteiger partial charge in [0.25, 0.3) is 0 Å². The second kappa shape index (κ2) is 10.2. The molecule has 1 fully saturated rings. The third-order valence-corrected chi connectivity index (χ3v) is 7.12. The normalized spacial score (nSPS) is 15.0. The van der Waals surface area contributed by atoms with E-state index in [0.717, 1.165) is 39.1 Å². The van der Waals surface area contributed by atoms with Gasteiger partial charge in [-0.05, 0) is 66.4 Å². The molecule has 1 aliphatic rings. The van der Waals surface area contributed by atoms with E-state index >= 15 is 0 Å². The van der Waals surface area contributed by atoms with Gasteiger partial charge >= 0.3 is 0 Å². The van der Waals surface area contributed by atoms with Crippen LogP contribution in [0, 0.1) is 9.54 Å². The number of ether oxygens (including phenoxy) is 1. The molecule has 1 aromatic heterocycles. The van der Waals surface area contributed by atoms with E-state index in [1.165, 1.54) is 0 Å². The molecule has 0 saturated carbocycles. The van der Waals surface area contributed by atoms with Gasteiger partial charge in [-0.2, -0.15) is 0 Å². The maximum Gasteiger partial charge on any atom is 0.241 e. The number of nitrogens with zero attached hydrogens (tertiary/aromatic N) is 2. The second-order valence-electron chi connectivity index (χ2n) is 8.87. The number of hydrogen-bond acceptors (Lipinski definition) is 6. The second-order valence-corrected chi connectivity index (χ2v) is 9.65. The van der Waals surface area contributed by atoms with Crippen LogP contribution in [0.2, 0.25) is 0 Å². The molecule has 0 aliphatic carbocycles. The van der Waals surface area contributed by atoms with E-state index in [-0.39, 0.29) is 18.7 Å². The van der Waals surface area contributed by atoms with Gasteiger partial charge < -0.3 is 10.1 Å². The molecule has 6 rings (SSSR count). The zero-order chi connectivity index (χ0) is 26.1. The predicted octanol–water partition coefficient (Wildman–Crippen LogP) is 6.18. The van der Waals surface area contributed by atoms with Crippen molar-refractivity contribution in [2.24, 2.45) is 0 Å². The van der Waals surface area contributed by atoms with Gasteiger partial charge in [0.1, 0.15) is 5.75 Å². The van der Waals surface area contributed by atoms with Crippen LogP contribution in [-0.4, -0.2) is 27.4 Å². The van der Waals surface area contributed by atoms with Crippen LogP contribution in [0.5, 0.6) is 5.75 Å². The molecule has 1 atom stereocenters. The number of fused-ring (bicyclic) bond motifs is 1. The number of nitrogens with one attached hydrogen (secondary N) is 4. The first-order chi connectivity index (χ1) is 18.6. The fourth-order valence-electron chi connectivity index (χ4n) is 4.76. The Morgan fingerprint density at radius 3 is 2.26 bits per heavy atom. The Morgan fingerprint density at radius 2 is 1.53 bits per heavy atom. The summed E-state index contributed by atoms with van der Waals surface area (Å²) < 4.78 is 8.93. The summed E-state index contributed by atoms with van der Waals surface area (Å²) in [6.45, 7) is 0.277. The van der Waals surface area contributed by atoms with Crippen LogP contribution in [0.25, 0.3) is 16.5 Å². The number of aromatic amines is 2. The van der Waals surface area contributed by atoms with Crippen molar-refractivity contribution in [2.75, 3.05) is 17.1 Å². The van der Waals surface area contributed by atoms with E-state index in [2.05, 4.69) is 33.1 Å². The van der Waals surface area contributed by atoms with Gasteiger partial charge in [0.15, 0.2) is 16.3 Å². The van der Waals surface area contributed by atoms with Crippen LogP contribution in [0.3, 0.4) is 0 Å². The minimum Gasteiger partial charge on any atom is -0.473 e. The molecule has 190 valence electrons. The lowest BCUT2D eigenvalue weighted by molar-refractivity contribution is -0.119. The van der Waals surface area contributed by atoms with Gasteiger partial charge in [0.05, 0.1) is 23.8 Å². The number of carbonyl (C=O) groups excluding carboxylic acids is 1. The first kappa shape index (κ1) is 24.0. The smallest absolute Gasteiger partial charge is 0.241 e. The van der Waals surface area contributed by atoms with E-state index in [1.807, 2.05) is 83.9 Å². The SMILES string of the molecule is O=C1CC(c2ccccc2)N(c2ccc(OCNc3ccc(-n4c(=S)[nH][nH]c4=S)cc3)c3ccccc23)N1. The van der Waals surface area contributed by atoms with Crippen molar-refractivity contribution in [1.82, 2.24) is 20.2 Å². The molecule has 10 heteroatoms. The van der Waals surface area contributed by atoms with Crippen LogP contribution in [0.4, 0.5) is 11.4 Å². The van der Waals surface area contributed by atoms with Crippen LogP contribution in [0.15, 0.2) is 91.0 Å². The van der Waals surface area contributed by atoms with Crippen LogP contribution >= 0.6 is 24.4 Å². The van der Waals surface area contributed by atoms with Crippen LogP contribution in [0.1, 0.15) is 18.0 Å². The number of hydrogen-bond donors (Lipinski definition) is 4. The molecule has 38 heavy (non-hydrogen) atoms. The summed E-state index contributed by atoms with van der Waals surface area (Å²) in [6.07, 6.45) is 0.404. The Morgan fingerprint density at radius 1 is 0.842 bits per heavy atom. The molecule has 1 unspecified atom stereocenters. The highest BCUT2D eigenvalue weighted by atomic mass is 32.1. The van der Waals surface area contributed by atoms with Gasteiger partial charge in [0.2, 0.25) is 5.91 Å². The molecular weight excluding hydrogens is 516 g/mol. The lowest BCUT2D eigenvalue weighted by atomic mass is 10.0. The van der Waals surface area contributed by atoms with Crippen molar-refractivity contribution in [3.63, 3.8) is 0 Å². The molecule has 0 radical (unpaired) electrons. The number of aromatic nitrogens is 3. The highest BCUT2D eigenvalue weighted by molar-refractivity contribution is 7.72. The van der Waals surface area contributed by atoms with Gasteiger partial charge in [-0.1, -0.05) is 54.6 Å². The van der Waals surface area contributed by atoms with E-state index in [0.29, 0.717) is 16.0 Å². The molecule has 1 aliphatic heterocycles. The third-order valence-electron chi connectivity index (χ3n) is 6.55. The Kier molecular flexibility index (Phi) is 6.40. The van der Waals surface area contributed by atoms with Crippen molar-refractivity contribution in [1.29, 1.82) is 0 Å². The first-order valence-corrected chi connectivity index (χ1v) is 12.9. The molecule has 2 heterocycles. The van der Waals surface area contributed by atoms with Crippen molar-refractivity contribution in [3.05, 3.63) is 106 Å². The highest BCUT2D eigenvalue weighted by Gasteiger charge is 2.32. The van der Waals surface area contributed by atoms with Crippen LogP contribution in [-0.2, 0) is 4.79 Å². The molecule has 8 nitrogen and oxygen atoms in total. The van der Waals surface area contributed by atoms with Gasteiger partial charge in [-0.25, -0.2) is 0 Å². The summed E-state index contributed by atoms with van der Waals surface area (Å²) in [5.41, 5.74) is 6.83. The molecule has 1 saturated heterocycles. The lowest BCUT2D eigenvalue weighted by Crippen LogP contribution is -2.34. The summed E-state index contributed by atoms with van der Waals surface area (Å²) in [4.78, 5) is 12.4. The number of rotatable bonds is 7. The molecule has 0 spiro atoms. The summed E-state index contributed by atoms with van der Waals surface area (Å²) in [7, 11) is 0. The zero-order valence-corrected chi connectivity index (χ0v) is 21.8. The maximum atomic E-state index is 12.4. The minimum absolute atomic E-state index is 0.000572. The van der Waals surface area contributed by atoms with Crippen molar-refractivity contribution < 1.29 is 9.53 Å². The van der Waals surface area contributed by atoms with Gasteiger partial charge in [0, 0.05) is 16.5 Å².